The molecule has 0 aliphatic heterocycles. The average Bonchev–Trinajstić information content (AvgIpc) is 3.21. The van der Waals surface area contributed by atoms with E-state index in [1.165, 1.54) is 16.7 Å². The van der Waals surface area contributed by atoms with Crippen LogP contribution in [0.1, 0.15) is 48.2 Å². The van der Waals surface area contributed by atoms with Crippen LogP contribution in [0.25, 0.3) is 5.69 Å². The number of nitrogens with zero attached hydrogens (tertiary/aromatic N) is 2. The lowest BCUT2D eigenvalue weighted by molar-refractivity contribution is 0.140. The summed E-state index contributed by atoms with van der Waals surface area (Å²) >= 11 is 0. The maximum Gasteiger partial charge on any atom is 0.0775 e. The van der Waals surface area contributed by atoms with E-state index in [4.69, 9.17) is 5.10 Å². The summed E-state index contributed by atoms with van der Waals surface area (Å²) in [6.07, 6.45) is 2.44. The molecular weight excluding hydrogens is 322 g/mol. The molecule has 2 atom stereocenters. The first kappa shape index (κ1) is 17.0. The Balaban J connectivity index is 1.58. The summed E-state index contributed by atoms with van der Waals surface area (Å²) in [6.45, 7) is 5.03. The van der Waals surface area contributed by atoms with E-state index in [2.05, 4.69) is 49.6 Å². The van der Waals surface area contributed by atoms with Crippen molar-refractivity contribution in [3.8, 4) is 5.69 Å². The Bertz CT molecular complexity index is 885. The molecule has 26 heavy (non-hydrogen) atoms. The van der Waals surface area contributed by atoms with Crippen LogP contribution in [0.15, 0.2) is 60.8 Å². The second kappa shape index (κ2) is 7.06. The second-order valence-corrected chi connectivity index (χ2v) is 7.30. The number of benzene rings is 2. The summed E-state index contributed by atoms with van der Waals surface area (Å²) in [5.74, 6) is 0.345. The van der Waals surface area contributed by atoms with Gasteiger partial charge in [0.2, 0.25) is 0 Å². The van der Waals surface area contributed by atoms with Crippen molar-refractivity contribution < 1.29 is 5.11 Å². The van der Waals surface area contributed by atoms with Crippen LogP contribution in [-0.4, -0.2) is 21.0 Å². The Morgan fingerprint density at radius 2 is 1.85 bits per heavy atom. The normalized spacial score (nSPS) is 19.1. The van der Waals surface area contributed by atoms with E-state index in [1.54, 1.807) is 0 Å². The summed E-state index contributed by atoms with van der Waals surface area (Å²) < 4.78 is 1.95. The van der Waals surface area contributed by atoms with Crippen LogP contribution in [-0.2, 0) is 13.0 Å². The Morgan fingerprint density at radius 1 is 1.12 bits per heavy atom. The first-order valence-electron chi connectivity index (χ1n) is 9.26. The van der Waals surface area contributed by atoms with Gasteiger partial charge in [0, 0.05) is 24.7 Å². The Labute approximate surface area is 154 Å². The first-order chi connectivity index (χ1) is 12.6. The number of rotatable bonds is 5. The van der Waals surface area contributed by atoms with Crippen molar-refractivity contribution in [2.24, 2.45) is 0 Å². The van der Waals surface area contributed by atoms with Gasteiger partial charge in [0.05, 0.1) is 23.5 Å². The minimum Gasteiger partial charge on any atom is -0.391 e. The number of aliphatic hydroxyl groups excluding tert-OH is 1. The van der Waals surface area contributed by atoms with Gasteiger partial charge < -0.3 is 10.4 Å². The zero-order chi connectivity index (χ0) is 18.1. The van der Waals surface area contributed by atoms with Crippen molar-refractivity contribution in [2.75, 3.05) is 0 Å². The molecule has 0 amide bonds. The van der Waals surface area contributed by atoms with Crippen LogP contribution in [0, 0.1) is 0 Å². The number of para-hydroxylation sites is 1. The van der Waals surface area contributed by atoms with Gasteiger partial charge in [0.25, 0.3) is 0 Å². The average molecular weight is 347 g/mol. The fourth-order valence-corrected chi connectivity index (χ4v) is 3.80. The molecule has 0 saturated heterocycles. The van der Waals surface area contributed by atoms with E-state index < -0.39 is 0 Å². The molecule has 0 fully saturated rings. The molecular formula is C22H25N3O. The lowest BCUT2D eigenvalue weighted by Crippen LogP contribution is -2.28. The van der Waals surface area contributed by atoms with Gasteiger partial charge in [-0.3, -0.25) is 0 Å². The van der Waals surface area contributed by atoms with E-state index in [9.17, 15) is 5.11 Å². The van der Waals surface area contributed by atoms with Gasteiger partial charge in [-0.05, 0) is 29.2 Å². The highest BCUT2D eigenvalue weighted by molar-refractivity contribution is 5.37. The molecule has 1 aliphatic carbocycles. The van der Waals surface area contributed by atoms with Gasteiger partial charge in [0.1, 0.15) is 0 Å². The van der Waals surface area contributed by atoms with Gasteiger partial charge in [-0.25, -0.2) is 4.68 Å². The quantitative estimate of drug-likeness (QED) is 0.739. The largest absolute Gasteiger partial charge is 0.391 e. The fourth-order valence-electron chi connectivity index (χ4n) is 3.80. The first-order valence-corrected chi connectivity index (χ1v) is 9.26. The zero-order valence-electron chi connectivity index (χ0n) is 15.3. The summed E-state index contributed by atoms with van der Waals surface area (Å²) in [4.78, 5) is 0. The predicted molar refractivity (Wildman–Crippen MR) is 103 cm³/mol. The monoisotopic (exact) mass is 347 g/mol. The second-order valence-electron chi connectivity index (χ2n) is 7.30. The number of hydrogen-bond donors (Lipinski definition) is 2. The molecule has 1 aromatic heterocycles. The molecule has 2 aromatic carbocycles. The van der Waals surface area contributed by atoms with Gasteiger partial charge in [-0.1, -0.05) is 56.3 Å². The van der Waals surface area contributed by atoms with Crippen molar-refractivity contribution >= 4 is 0 Å². The van der Waals surface area contributed by atoms with Gasteiger partial charge in [0.15, 0.2) is 0 Å². The number of aromatic nitrogens is 2. The van der Waals surface area contributed by atoms with Gasteiger partial charge in [-0.15, -0.1) is 0 Å². The fraction of sp³-hybridized carbons (Fsp3) is 0.318. The molecule has 1 heterocycles. The van der Waals surface area contributed by atoms with Gasteiger partial charge >= 0.3 is 0 Å². The summed E-state index contributed by atoms with van der Waals surface area (Å²) in [7, 11) is 0. The van der Waals surface area contributed by atoms with Crippen molar-refractivity contribution in [2.45, 2.75) is 44.9 Å². The molecule has 134 valence electrons. The van der Waals surface area contributed by atoms with Gasteiger partial charge in [-0.2, -0.15) is 5.10 Å². The van der Waals surface area contributed by atoms with E-state index in [0.717, 1.165) is 11.4 Å². The highest BCUT2D eigenvalue weighted by atomic mass is 16.3. The molecule has 0 radical (unpaired) electrons. The molecule has 0 saturated carbocycles. The minimum atomic E-state index is -0.376. The molecule has 0 bridgehead atoms. The highest BCUT2D eigenvalue weighted by Gasteiger charge is 2.30. The number of aliphatic hydroxyl groups is 1. The molecule has 4 nitrogen and oxygen atoms in total. The molecule has 2 N–H and O–H groups in total. The van der Waals surface area contributed by atoms with E-state index in [0.29, 0.717) is 18.9 Å². The summed E-state index contributed by atoms with van der Waals surface area (Å²) in [5.41, 5.74) is 5.79. The van der Waals surface area contributed by atoms with Crippen LogP contribution in [0.5, 0.6) is 0 Å². The molecule has 0 unspecified atom stereocenters. The topological polar surface area (TPSA) is 50.1 Å². The lowest BCUT2D eigenvalue weighted by Gasteiger charge is -2.18. The zero-order valence-corrected chi connectivity index (χ0v) is 15.3. The maximum atomic E-state index is 10.5. The van der Waals surface area contributed by atoms with Crippen LogP contribution >= 0.6 is 0 Å². The lowest BCUT2D eigenvalue weighted by atomic mass is 10.0. The summed E-state index contributed by atoms with van der Waals surface area (Å²) in [6, 6.07) is 18.5. The number of nitrogens with one attached hydrogen (secondary N) is 1. The third-order valence-electron chi connectivity index (χ3n) is 5.11. The maximum absolute atomic E-state index is 10.5. The third-order valence-corrected chi connectivity index (χ3v) is 5.11. The molecule has 4 rings (SSSR count). The number of fused-ring (bicyclic) bond motifs is 1. The molecule has 4 heteroatoms. The smallest absolute Gasteiger partial charge is 0.0775 e. The van der Waals surface area contributed by atoms with E-state index >= 15 is 0 Å². The Morgan fingerprint density at radius 3 is 2.62 bits per heavy atom. The molecule has 0 spiro atoms. The molecule has 3 aromatic rings. The van der Waals surface area contributed by atoms with E-state index in [1.807, 2.05) is 35.0 Å². The standard InChI is InChI=1S/C22H25N3O/c1-15(2)21-17(14-25(24-21)18-9-4-3-5-10-18)13-23-22-19-11-7-6-8-16(19)12-20(22)26/h3-11,14-15,20,22-23,26H,12-13H2,1-2H3/t20-,22+/m0/s1. The van der Waals surface area contributed by atoms with Crippen LogP contribution in [0.2, 0.25) is 0 Å². The van der Waals surface area contributed by atoms with E-state index in [-0.39, 0.29) is 12.1 Å². The van der Waals surface area contributed by atoms with Crippen molar-refractivity contribution in [3.05, 3.63) is 83.2 Å². The predicted octanol–water partition coefficient (Wildman–Crippen LogP) is 3.74. The Hall–Kier alpha value is -2.43. The minimum absolute atomic E-state index is 0.0220. The number of hydrogen-bond acceptors (Lipinski definition) is 3. The van der Waals surface area contributed by atoms with Crippen LogP contribution in [0.3, 0.4) is 0 Å². The SMILES string of the molecule is CC(C)c1nn(-c2ccccc2)cc1CN[C@@H]1c2ccccc2C[C@@H]1O. The van der Waals surface area contributed by atoms with Crippen molar-refractivity contribution in [1.82, 2.24) is 15.1 Å². The highest BCUT2D eigenvalue weighted by Crippen LogP contribution is 2.32. The van der Waals surface area contributed by atoms with Crippen LogP contribution < -0.4 is 5.32 Å². The summed E-state index contributed by atoms with van der Waals surface area (Å²) in [5, 5.41) is 18.8. The Kier molecular flexibility index (Phi) is 4.62. The molecule has 1 aliphatic rings. The van der Waals surface area contributed by atoms with Crippen molar-refractivity contribution in [3.63, 3.8) is 0 Å². The van der Waals surface area contributed by atoms with Crippen LogP contribution in [0.4, 0.5) is 0 Å². The van der Waals surface area contributed by atoms with Crippen molar-refractivity contribution in [1.29, 1.82) is 0 Å². The third kappa shape index (κ3) is 3.18.